The van der Waals surface area contributed by atoms with E-state index in [1.54, 1.807) is 0 Å². The first-order valence-electron chi connectivity index (χ1n) is 8.22. The van der Waals surface area contributed by atoms with Crippen molar-refractivity contribution in [1.29, 1.82) is 0 Å². The number of carbonyl (C=O) groups is 4. The van der Waals surface area contributed by atoms with E-state index in [-0.39, 0.29) is 16.8 Å². The van der Waals surface area contributed by atoms with Gasteiger partial charge in [-0.05, 0) is 24.3 Å². The van der Waals surface area contributed by atoms with E-state index in [4.69, 9.17) is 4.74 Å². The fourth-order valence-corrected chi connectivity index (χ4v) is 2.48. The number of benzene rings is 1. The van der Waals surface area contributed by atoms with Crippen molar-refractivity contribution in [3.63, 3.8) is 0 Å². The SMILES string of the molecule is COC(=O)/C=C(/C(=O)OC)n1nc(C(=O)OC)c(C(=O)OC)c1-c1ccc(F)cc1. The molecule has 1 aromatic carbocycles. The van der Waals surface area contributed by atoms with Crippen molar-refractivity contribution in [2.24, 2.45) is 0 Å². The minimum Gasteiger partial charge on any atom is -0.466 e. The monoisotopic (exact) mass is 420 g/mol. The number of aromatic nitrogens is 2. The predicted octanol–water partition coefficient (Wildman–Crippen LogP) is 1.45. The number of ether oxygens (including phenoxy) is 4. The second-order valence-corrected chi connectivity index (χ2v) is 5.52. The van der Waals surface area contributed by atoms with Crippen LogP contribution in [0.15, 0.2) is 30.3 Å². The third-order valence-electron chi connectivity index (χ3n) is 3.85. The van der Waals surface area contributed by atoms with Crippen molar-refractivity contribution in [1.82, 2.24) is 9.78 Å². The molecule has 0 radical (unpaired) electrons. The zero-order chi connectivity index (χ0) is 22.4. The van der Waals surface area contributed by atoms with Crippen LogP contribution in [0.3, 0.4) is 0 Å². The molecule has 0 bridgehead atoms. The highest BCUT2D eigenvalue weighted by Crippen LogP contribution is 2.31. The molecular weight excluding hydrogens is 403 g/mol. The van der Waals surface area contributed by atoms with Crippen LogP contribution in [0.1, 0.15) is 20.8 Å². The summed E-state index contributed by atoms with van der Waals surface area (Å²) in [5.41, 5.74) is -1.30. The van der Waals surface area contributed by atoms with Crippen LogP contribution in [0, 0.1) is 5.82 Å². The zero-order valence-corrected chi connectivity index (χ0v) is 16.4. The Morgan fingerprint density at radius 1 is 0.900 bits per heavy atom. The minimum atomic E-state index is -1.03. The van der Waals surface area contributed by atoms with Crippen LogP contribution in [-0.4, -0.2) is 62.1 Å². The van der Waals surface area contributed by atoms with Crippen LogP contribution in [0.4, 0.5) is 4.39 Å². The summed E-state index contributed by atoms with van der Waals surface area (Å²) in [5, 5.41) is 3.98. The number of hydrogen-bond donors (Lipinski definition) is 0. The molecule has 10 nitrogen and oxygen atoms in total. The quantitative estimate of drug-likeness (QED) is 0.388. The molecule has 158 valence electrons. The van der Waals surface area contributed by atoms with E-state index in [2.05, 4.69) is 19.3 Å². The van der Waals surface area contributed by atoms with E-state index in [1.165, 1.54) is 12.1 Å². The first kappa shape index (κ1) is 22.3. The number of hydrogen-bond acceptors (Lipinski definition) is 9. The molecule has 0 atom stereocenters. The number of methoxy groups -OCH3 is 4. The maximum atomic E-state index is 13.4. The maximum Gasteiger partial charge on any atom is 0.359 e. The summed E-state index contributed by atoms with van der Waals surface area (Å²) in [6.07, 6.45) is 0.758. The summed E-state index contributed by atoms with van der Waals surface area (Å²) < 4.78 is 32.9. The van der Waals surface area contributed by atoms with Gasteiger partial charge in [-0.15, -0.1) is 0 Å². The van der Waals surface area contributed by atoms with Gasteiger partial charge in [0.1, 0.15) is 11.4 Å². The lowest BCUT2D eigenvalue weighted by atomic mass is 10.0. The summed E-state index contributed by atoms with van der Waals surface area (Å²) in [6, 6.07) is 4.74. The van der Waals surface area contributed by atoms with Crippen molar-refractivity contribution >= 4 is 29.6 Å². The fraction of sp³-hybridized carbons (Fsp3) is 0.211. The van der Waals surface area contributed by atoms with E-state index in [0.717, 1.165) is 51.3 Å². The molecule has 0 spiro atoms. The Morgan fingerprint density at radius 2 is 1.50 bits per heavy atom. The van der Waals surface area contributed by atoms with Crippen molar-refractivity contribution < 1.29 is 42.5 Å². The van der Waals surface area contributed by atoms with E-state index < -0.39 is 41.1 Å². The molecule has 0 aliphatic rings. The second-order valence-electron chi connectivity index (χ2n) is 5.52. The number of nitrogens with zero attached hydrogens (tertiary/aromatic N) is 2. The lowest BCUT2D eigenvalue weighted by Crippen LogP contribution is -2.16. The summed E-state index contributed by atoms with van der Waals surface area (Å²) in [6.45, 7) is 0. The van der Waals surface area contributed by atoms with Gasteiger partial charge in [0, 0.05) is 5.56 Å². The molecular formula is C19H17FN2O8. The van der Waals surface area contributed by atoms with Gasteiger partial charge in [0.25, 0.3) is 0 Å². The topological polar surface area (TPSA) is 123 Å². The molecule has 1 aromatic heterocycles. The molecule has 0 saturated heterocycles. The molecule has 0 unspecified atom stereocenters. The molecule has 30 heavy (non-hydrogen) atoms. The van der Waals surface area contributed by atoms with Gasteiger partial charge in [-0.3, -0.25) is 0 Å². The van der Waals surface area contributed by atoms with E-state index >= 15 is 0 Å². The van der Waals surface area contributed by atoms with Crippen LogP contribution >= 0.6 is 0 Å². The fourth-order valence-electron chi connectivity index (χ4n) is 2.48. The number of carbonyl (C=O) groups excluding carboxylic acids is 4. The first-order valence-corrected chi connectivity index (χ1v) is 8.22. The normalized spacial score (nSPS) is 10.9. The van der Waals surface area contributed by atoms with Gasteiger partial charge < -0.3 is 18.9 Å². The van der Waals surface area contributed by atoms with Gasteiger partial charge in [-0.2, -0.15) is 5.10 Å². The largest absolute Gasteiger partial charge is 0.466 e. The average Bonchev–Trinajstić information content (AvgIpc) is 3.16. The molecule has 0 fully saturated rings. The maximum absolute atomic E-state index is 13.4. The zero-order valence-electron chi connectivity index (χ0n) is 16.4. The van der Waals surface area contributed by atoms with Gasteiger partial charge in [0.05, 0.1) is 40.2 Å². The third-order valence-corrected chi connectivity index (χ3v) is 3.85. The summed E-state index contributed by atoms with van der Waals surface area (Å²) >= 11 is 0. The van der Waals surface area contributed by atoms with Gasteiger partial charge >= 0.3 is 23.9 Å². The summed E-state index contributed by atoms with van der Waals surface area (Å²) in [4.78, 5) is 48.9. The predicted molar refractivity (Wildman–Crippen MR) is 98.6 cm³/mol. The Labute approximate surface area is 169 Å². The smallest absolute Gasteiger partial charge is 0.359 e. The molecule has 2 aromatic rings. The average molecular weight is 420 g/mol. The molecule has 11 heteroatoms. The van der Waals surface area contributed by atoms with Crippen molar-refractivity contribution in [3.8, 4) is 11.3 Å². The van der Waals surface area contributed by atoms with Crippen LogP contribution in [0.2, 0.25) is 0 Å². The molecule has 0 saturated carbocycles. The number of halogens is 1. The van der Waals surface area contributed by atoms with Gasteiger partial charge in [-0.25, -0.2) is 28.3 Å². The highest BCUT2D eigenvalue weighted by molar-refractivity contribution is 6.16. The number of esters is 4. The Balaban J connectivity index is 2.98. The lowest BCUT2D eigenvalue weighted by Gasteiger charge is -2.11. The van der Waals surface area contributed by atoms with Crippen LogP contribution in [-0.2, 0) is 28.5 Å². The third kappa shape index (κ3) is 4.35. The minimum absolute atomic E-state index is 0.136. The Hall–Kier alpha value is -4.02. The molecule has 1 heterocycles. The Morgan fingerprint density at radius 3 is 2.00 bits per heavy atom. The van der Waals surface area contributed by atoms with Gasteiger partial charge in [-0.1, -0.05) is 0 Å². The molecule has 0 N–H and O–H groups in total. The first-order chi connectivity index (χ1) is 14.3. The summed E-state index contributed by atoms with van der Waals surface area (Å²) in [7, 11) is 4.26. The van der Waals surface area contributed by atoms with Crippen molar-refractivity contribution in [3.05, 3.63) is 47.4 Å². The van der Waals surface area contributed by atoms with Crippen LogP contribution < -0.4 is 0 Å². The second kappa shape index (κ2) is 9.45. The highest BCUT2D eigenvalue weighted by Gasteiger charge is 2.33. The van der Waals surface area contributed by atoms with Crippen molar-refractivity contribution in [2.45, 2.75) is 0 Å². The Bertz CT molecular complexity index is 1020. The molecule has 0 aliphatic heterocycles. The van der Waals surface area contributed by atoms with E-state index in [0.29, 0.717) is 0 Å². The molecule has 2 rings (SSSR count). The van der Waals surface area contributed by atoms with Crippen LogP contribution in [0.5, 0.6) is 0 Å². The van der Waals surface area contributed by atoms with Crippen LogP contribution in [0.25, 0.3) is 17.0 Å². The molecule has 0 aliphatic carbocycles. The number of rotatable bonds is 6. The Kier molecular flexibility index (Phi) is 7.02. The standard InChI is InChI=1S/C19H17FN2O8/c1-27-13(23)9-12(17(24)28-2)22-16(10-5-7-11(20)8-6-10)14(18(25)29-3)15(21-22)19(26)30-4/h5-9H,1-4H3/b12-9-. The van der Waals surface area contributed by atoms with E-state index in [9.17, 15) is 23.6 Å². The van der Waals surface area contributed by atoms with Crippen molar-refractivity contribution in [2.75, 3.05) is 28.4 Å². The lowest BCUT2D eigenvalue weighted by molar-refractivity contribution is -0.137. The highest BCUT2D eigenvalue weighted by atomic mass is 19.1. The van der Waals surface area contributed by atoms with Gasteiger partial charge in [0.2, 0.25) is 0 Å². The summed E-state index contributed by atoms with van der Waals surface area (Å²) in [5.74, 6) is -4.53. The molecule has 0 amide bonds. The van der Waals surface area contributed by atoms with E-state index in [1.807, 2.05) is 0 Å². The van der Waals surface area contributed by atoms with Gasteiger partial charge in [0.15, 0.2) is 11.4 Å².